The van der Waals surface area contributed by atoms with Crippen molar-refractivity contribution in [1.29, 1.82) is 0 Å². The summed E-state index contributed by atoms with van der Waals surface area (Å²) in [5.41, 5.74) is 3.30. The Balaban J connectivity index is 1.77. The van der Waals surface area contributed by atoms with Gasteiger partial charge in [0.05, 0.1) is 18.8 Å². The molecule has 0 unspecified atom stereocenters. The summed E-state index contributed by atoms with van der Waals surface area (Å²) in [6, 6.07) is 14.2. The number of ether oxygens (including phenoxy) is 3. The molecule has 0 aliphatic carbocycles. The van der Waals surface area contributed by atoms with Crippen molar-refractivity contribution in [3.05, 3.63) is 64.2 Å². The van der Waals surface area contributed by atoms with Gasteiger partial charge in [-0.3, -0.25) is 4.79 Å². The van der Waals surface area contributed by atoms with Crippen LogP contribution in [0.25, 0.3) is 0 Å². The molecule has 156 valence electrons. The monoisotopic (exact) mass is 416 g/mol. The lowest BCUT2D eigenvalue weighted by atomic mass is 9.93. The number of benzene rings is 2. The van der Waals surface area contributed by atoms with Crippen LogP contribution in [0.4, 0.5) is 0 Å². The highest BCUT2D eigenvalue weighted by atomic mass is 35.5. The van der Waals surface area contributed by atoms with E-state index in [1.807, 2.05) is 31.2 Å². The van der Waals surface area contributed by atoms with Crippen molar-refractivity contribution in [3.8, 4) is 5.75 Å². The van der Waals surface area contributed by atoms with Crippen molar-refractivity contribution >= 4 is 17.6 Å². The second-order valence-corrected chi connectivity index (χ2v) is 7.87. The number of esters is 1. The standard InChI is InChI=1S/C24H29ClO4/c1-4-20-14-22(28-16(3)26)15-24(29-20)18-8-11-23(25)19(13-18)12-17-6-9-21(10-7-17)27-5-2/h6-11,13,20,22,24H,4-5,12,14-15H2,1-3H3/t20-,22+,24-/m1/s1. The molecule has 5 heteroatoms. The molecule has 0 spiro atoms. The zero-order valence-electron chi connectivity index (χ0n) is 17.3. The average molecular weight is 417 g/mol. The fourth-order valence-electron chi connectivity index (χ4n) is 3.80. The largest absolute Gasteiger partial charge is 0.494 e. The summed E-state index contributed by atoms with van der Waals surface area (Å²) >= 11 is 6.48. The number of halogens is 1. The number of hydrogen-bond donors (Lipinski definition) is 0. The second-order valence-electron chi connectivity index (χ2n) is 7.46. The number of hydrogen-bond acceptors (Lipinski definition) is 4. The quantitative estimate of drug-likeness (QED) is 0.528. The van der Waals surface area contributed by atoms with Crippen molar-refractivity contribution < 1.29 is 19.0 Å². The van der Waals surface area contributed by atoms with Gasteiger partial charge in [-0.2, -0.15) is 0 Å². The fourth-order valence-corrected chi connectivity index (χ4v) is 3.98. The summed E-state index contributed by atoms with van der Waals surface area (Å²) in [6.45, 7) is 6.18. The Bertz CT molecular complexity index is 818. The summed E-state index contributed by atoms with van der Waals surface area (Å²) in [5.74, 6) is 0.631. The number of carbonyl (C=O) groups excluding carboxylic acids is 1. The van der Waals surface area contributed by atoms with E-state index in [2.05, 4.69) is 25.1 Å². The van der Waals surface area contributed by atoms with Gasteiger partial charge < -0.3 is 14.2 Å². The minimum atomic E-state index is -0.238. The molecule has 1 heterocycles. The Hall–Kier alpha value is -2.04. The molecule has 1 aliphatic rings. The van der Waals surface area contributed by atoms with Crippen LogP contribution < -0.4 is 4.74 Å². The van der Waals surface area contributed by atoms with Crippen molar-refractivity contribution in [2.75, 3.05) is 6.61 Å². The van der Waals surface area contributed by atoms with Gasteiger partial charge in [-0.05, 0) is 54.7 Å². The zero-order valence-corrected chi connectivity index (χ0v) is 18.1. The second kappa shape index (κ2) is 10.1. The lowest BCUT2D eigenvalue weighted by Crippen LogP contribution is -2.33. The first-order valence-electron chi connectivity index (χ1n) is 10.3. The Kier molecular flexibility index (Phi) is 7.57. The molecule has 1 fully saturated rings. The van der Waals surface area contributed by atoms with E-state index in [1.54, 1.807) is 0 Å². The van der Waals surface area contributed by atoms with E-state index in [4.69, 9.17) is 25.8 Å². The maximum absolute atomic E-state index is 11.4. The molecule has 0 amide bonds. The molecule has 1 aliphatic heterocycles. The third-order valence-corrected chi connectivity index (χ3v) is 5.59. The molecule has 0 radical (unpaired) electrons. The smallest absolute Gasteiger partial charge is 0.302 e. The van der Waals surface area contributed by atoms with E-state index in [0.717, 1.165) is 41.2 Å². The first-order chi connectivity index (χ1) is 14.0. The molecule has 29 heavy (non-hydrogen) atoms. The van der Waals surface area contributed by atoms with Gasteiger partial charge in [0.1, 0.15) is 11.9 Å². The van der Waals surface area contributed by atoms with E-state index >= 15 is 0 Å². The summed E-state index contributed by atoms with van der Waals surface area (Å²) in [7, 11) is 0. The molecule has 1 saturated heterocycles. The van der Waals surface area contributed by atoms with Crippen LogP contribution in [0.2, 0.25) is 5.02 Å². The first kappa shape index (κ1) is 21.7. The van der Waals surface area contributed by atoms with Crippen LogP contribution in [0.3, 0.4) is 0 Å². The minimum absolute atomic E-state index is 0.0864. The van der Waals surface area contributed by atoms with Crippen LogP contribution in [-0.4, -0.2) is 24.8 Å². The molecule has 2 aromatic carbocycles. The van der Waals surface area contributed by atoms with Gasteiger partial charge in [-0.15, -0.1) is 0 Å². The van der Waals surface area contributed by atoms with Gasteiger partial charge in [0, 0.05) is 24.8 Å². The van der Waals surface area contributed by atoms with Gasteiger partial charge >= 0.3 is 5.97 Å². The molecule has 0 bridgehead atoms. The Morgan fingerprint density at radius 1 is 1.14 bits per heavy atom. The topological polar surface area (TPSA) is 44.8 Å². The van der Waals surface area contributed by atoms with Crippen molar-refractivity contribution in [2.24, 2.45) is 0 Å². The first-order valence-corrected chi connectivity index (χ1v) is 10.7. The SMILES string of the molecule is CCOc1ccc(Cc2cc([C@H]3C[C@@H](OC(C)=O)C[C@@H](CC)O3)ccc2Cl)cc1. The lowest BCUT2D eigenvalue weighted by Gasteiger charge is -2.35. The third-order valence-electron chi connectivity index (χ3n) is 5.22. The van der Waals surface area contributed by atoms with Crippen molar-refractivity contribution in [3.63, 3.8) is 0 Å². The van der Waals surface area contributed by atoms with Crippen molar-refractivity contribution in [1.82, 2.24) is 0 Å². The number of carbonyl (C=O) groups is 1. The Morgan fingerprint density at radius 3 is 2.55 bits per heavy atom. The van der Waals surface area contributed by atoms with Gasteiger partial charge in [0.25, 0.3) is 0 Å². The third kappa shape index (κ3) is 5.97. The normalized spacial score (nSPS) is 21.6. The van der Waals surface area contributed by atoms with Gasteiger partial charge in [-0.1, -0.05) is 42.8 Å². The molecule has 0 aromatic heterocycles. The summed E-state index contributed by atoms with van der Waals surface area (Å²) in [4.78, 5) is 11.4. The Morgan fingerprint density at radius 2 is 1.90 bits per heavy atom. The van der Waals surface area contributed by atoms with Crippen LogP contribution in [0.5, 0.6) is 5.75 Å². The van der Waals surface area contributed by atoms with Crippen LogP contribution in [-0.2, 0) is 20.7 Å². The molecular weight excluding hydrogens is 388 g/mol. The van der Waals surface area contributed by atoms with Crippen molar-refractivity contribution in [2.45, 2.75) is 64.8 Å². The average Bonchev–Trinajstić information content (AvgIpc) is 2.70. The summed E-state index contributed by atoms with van der Waals surface area (Å²) in [6.07, 6.45) is 2.91. The zero-order chi connectivity index (χ0) is 20.8. The highest BCUT2D eigenvalue weighted by Gasteiger charge is 2.31. The van der Waals surface area contributed by atoms with Crippen LogP contribution >= 0.6 is 11.6 Å². The summed E-state index contributed by atoms with van der Waals surface area (Å²) < 4.78 is 17.3. The Labute approximate surface area is 178 Å². The lowest BCUT2D eigenvalue weighted by molar-refractivity contribution is -0.160. The fraction of sp³-hybridized carbons (Fsp3) is 0.458. The van der Waals surface area contributed by atoms with E-state index in [1.165, 1.54) is 12.5 Å². The molecule has 2 aromatic rings. The molecule has 3 rings (SSSR count). The molecule has 4 nitrogen and oxygen atoms in total. The van der Waals surface area contributed by atoms with Crippen LogP contribution in [0.15, 0.2) is 42.5 Å². The minimum Gasteiger partial charge on any atom is -0.494 e. The van der Waals surface area contributed by atoms with E-state index in [0.29, 0.717) is 13.0 Å². The predicted octanol–water partition coefficient (Wildman–Crippen LogP) is 5.89. The number of rotatable bonds is 7. The highest BCUT2D eigenvalue weighted by Crippen LogP contribution is 2.36. The van der Waals surface area contributed by atoms with E-state index < -0.39 is 0 Å². The van der Waals surface area contributed by atoms with Gasteiger partial charge in [-0.25, -0.2) is 0 Å². The molecule has 0 N–H and O–H groups in total. The van der Waals surface area contributed by atoms with Gasteiger partial charge in [0.2, 0.25) is 0 Å². The molecule has 3 atom stereocenters. The predicted molar refractivity (Wildman–Crippen MR) is 115 cm³/mol. The highest BCUT2D eigenvalue weighted by molar-refractivity contribution is 6.31. The van der Waals surface area contributed by atoms with E-state index in [9.17, 15) is 4.79 Å². The maximum atomic E-state index is 11.4. The maximum Gasteiger partial charge on any atom is 0.302 e. The van der Waals surface area contributed by atoms with Crippen LogP contribution in [0.1, 0.15) is 62.8 Å². The molecular formula is C24H29ClO4. The van der Waals surface area contributed by atoms with Crippen LogP contribution in [0, 0.1) is 0 Å². The summed E-state index contributed by atoms with van der Waals surface area (Å²) in [5, 5.41) is 0.738. The molecule has 0 saturated carbocycles. The van der Waals surface area contributed by atoms with E-state index in [-0.39, 0.29) is 24.3 Å². The van der Waals surface area contributed by atoms with Gasteiger partial charge in [0.15, 0.2) is 0 Å².